The second-order valence-electron chi connectivity index (χ2n) is 9.27. The molecule has 0 amide bonds. The van der Waals surface area contributed by atoms with Crippen molar-refractivity contribution >= 4 is 5.78 Å². The quantitative estimate of drug-likeness (QED) is 0.752. The predicted octanol–water partition coefficient (Wildman–Crippen LogP) is 4.66. The van der Waals surface area contributed by atoms with Crippen molar-refractivity contribution in [2.45, 2.75) is 76.7 Å². The minimum atomic E-state index is 0.253. The molecule has 4 aliphatic carbocycles. The number of carbonyl (C=O) groups excluding carboxylic acids is 1. The Kier molecular flexibility index (Phi) is 3.56. The molecule has 4 fully saturated rings. The highest BCUT2D eigenvalue weighted by Gasteiger charge is 2.64. The van der Waals surface area contributed by atoms with E-state index in [9.17, 15) is 4.79 Å². The number of hydrogen-bond acceptors (Lipinski definition) is 2. The average molecular weight is 325 g/mol. The van der Waals surface area contributed by atoms with Gasteiger partial charge in [0.2, 0.25) is 0 Å². The van der Waals surface area contributed by atoms with Crippen molar-refractivity contribution in [2.24, 2.45) is 16.7 Å². The van der Waals surface area contributed by atoms with Crippen LogP contribution in [0.5, 0.6) is 0 Å². The van der Waals surface area contributed by atoms with E-state index in [0.29, 0.717) is 16.6 Å². The summed E-state index contributed by atoms with van der Waals surface area (Å²) in [7, 11) is 0. The SMILES string of the molecule is O=C(C1=CC23CCCCCC2(C=C1)C3)C1CCCN(C2CCC2)C1. The predicted molar refractivity (Wildman–Crippen MR) is 96.7 cm³/mol. The van der Waals surface area contributed by atoms with E-state index < -0.39 is 0 Å². The standard InChI is InChI=1S/C22H31NO/c24-20(18-6-5-13-23(15-18)19-7-4-8-19)17-9-12-21-10-2-1-3-11-22(21,14-17)16-21/h9,12,14,18-19H,1-8,10-11,13,15-16H2. The van der Waals surface area contributed by atoms with E-state index in [0.717, 1.165) is 24.6 Å². The van der Waals surface area contributed by atoms with E-state index in [1.165, 1.54) is 70.8 Å². The summed E-state index contributed by atoms with van der Waals surface area (Å²) in [4.78, 5) is 15.8. The molecule has 5 aliphatic rings. The Labute approximate surface area is 146 Å². The van der Waals surface area contributed by atoms with Gasteiger partial charge >= 0.3 is 0 Å². The Hall–Kier alpha value is -0.890. The van der Waals surface area contributed by atoms with Crippen LogP contribution in [0, 0.1) is 16.7 Å². The highest BCUT2D eigenvalue weighted by Crippen LogP contribution is 2.73. The van der Waals surface area contributed by atoms with E-state index in [2.05, 4.69) is 23.1 Å². The lowest BCUT2D eigenvalue weighted by Crippen LogP contribution is -2.47. The summed E-state index contributed by atoms with van der Waals surface area (Å²) < 4.78 is 0. The van der Waals surface area contributed by atoms with Gasteiger partial charge in [0.05, 0.1) is 0 Å². The Morgan fingerprint density at radius 1 is 1.00 bits per heavy atom. The smallest absolute Gasteiger partial charge is 0.166 e. The van der Waals surface area contributed by atoms with Gasteiger partial charge in [-0.25, -0.2) is 0 Å². The number of hydrogen-bond donors (Lipinski definition) is 0. The first kappa shape index (κ1) is 15.4. The van der Waals surface area contributed by atoms with Crippen LogP contribution in [-0.2, 0) is 4.79 Å². The topological polar surface area (TPSA) is 20.3 Å². The van der Waals surface area contributed by atoms with Gasteiger partial charge in [0.15, 0.2) is 5.78 Å². The fourth-order valence-electron chi connectivity index (χ4n) is 6.11. The maximum absolute atomic E-state index is 13.2. The fourth-order valence-corrected chi connectivity index (χ4v) is 6.11. The van der Waals surface area contributed by atoms with Crippen LogP contribution in [-0.4, -0.2) is 29.8 Å². The average Bonchev–Trinajstić information content (AvgIpc) is 3.22. The van der Waals surface area contributed by atoms with Gasteiger partial charge in [0.25, 0.3) is 0 Å². The van der Waals surface area contributed by atoms with Crippen LogP contribution < -0.4 is 0 Å². The summed E-state index contributed by atoms with van der Waals surface area (Å²) in [6.07, 6.45) is 21.6. The highest BCUT2D eigenvalue weighted by atomic mass is 16.1. The fraction of sp³-hybridized carbons (Fsp3) is 0.773. The summed E-state index contributed by atoms with van der Waals surface area (Å²) in [5.41, 5.74) is 1.87. The van der Waals surface area contributed by atoms with Crippen LogP contribution in [0.4, 0.5) is 0 Å². The van der Waals surface area contributed by atoms with Crippen LogP contribution in [0.3, 0.4) is 0 Å². The van der Waals surface area contributed by atoms with E-state index >= 15 is 0 Å². The zero-order chi connectivity index (χ0) is 16.2. The Morgan fingerprint density at radius 3 is 2.62 bits per heavy atom. The minimum Gasteiger partial charge on any atom is -0.300 e. The molecule has 0 aromatic carbocycles. The van der Waals surface area contributed by atoms with Crippen molar-refractivity contribution in [1.29, 1.82) is 0 Å². The third kappa shape index (κ3) is 2.29. The van der Waals surface area contributed by atoms with Crippen LogP contribution in [0.1, 0.15) is 70.6 Å². The van der Waals surface area contributed by atoms with Gasteiger partial charge in [-0.1, -0.05) is 43.9 Å². The van der Waals surface area contributed by atoms with Gasteiger partial charge in [-0.15, -0.1) is 0 Å². The van der Waals surface area contributed by atoms with Crippen LogP contribution in [0.25, 0.3) is 0 Å². The van der Waals surface area contributed by atoms with Gasteiger partial charge in [-0.3, -0.25) is 9.69 Å². The molecule has 24 heavy (non-hydrogen) atoms. The summed E-state index contributed by atoms with van der Waals surface area (Å²) in [6.45, 7) is 2.24. The number of Topliss-reactive ketones (excluding diaryl/α,β-unsaturated/α-hetero) is 1. The first-order valence-electron chi connectivity index (χ1n) is 10.4. The lowest BCUT2D eigenvalue weighted by Gasteiger charge is -2.42. The zero-order valence-corrected chi connectivity index (χ0v) is 14.9. The molecule has 1 heterocycles. The largest absolute Gasteiger partial charge is 0.300 e. The van der Waals surface area contributed by atoms with Crippen molar-refractivity contribution in [3.63, 3.8) is 0 Å². The molecule has 0 N–H and O–H groups in total. The molecule has 3 unspecified atom stereocenters. The molecular weight excluding hydrogens is 294 g/mol. The molecule has 0 aromatic heterocycles. The molecule has 3 saturated carbocycles. The number of allylic oxidation sites excluding steroid dienone is 4. The lowest BCUT2D eigenvalue weighted by molar-refractivity contribution is -0.121. The lowest BCUT2D eigenvalue weighted by atomic mass is 9.79. The Bertz CT molecular complexity index is 601. The van der Waals surface area contributed by atoms with Crippen LogP contribution in [0.2, 0.25) is 0 Å². The monoisotopic (exact) mass is 325 g/mol. The van der Waals surface area contributed by atoms with Gasteiger partial charge in [0.1, 0.15) is 0 Å². The zero-order valence-electron chi connectivity index (χ0n) is 14.9. The number of rotatable bonds is 3. The normalized spacial score (nSPS) is 42.3. The van der Waals surface area contributed by atoms with Gasteiger partial charge in [-0.05, 0) is 62.3 Å². The maximum atomic E-state index is 13.2. The minimum absolute atomic E-state index is 0.253. The van der Waals surface area contributed by atoms with Crippen molar-refractivity contribution in [1.82, 2.24) is 4.90 Å². The third-order valence-electron chi connectivity index (χ3n) is 7.96. The molecule has 3 atom stereocenters. The first-order valence-corrected chi connectivity index (χ1v) is 10.4. The molecular formula is C22H31NO. The molecule has 0 spiro atoms. The molecule has 2 heteroatoms. The number of carbonyl (C=O) groups is 1. The maximum Gasteiger partial charge on any atom is 0.166 e. The molecule has 1 saturated heterocycles. The van der Waals surface area contributed by atoms with E-state index in [1.807, 2.05) is 0 Å². The highest BCUT2D eigenvalue weighted by molar-refractivity contribution is 6.00. The van der Waals surface area contributed by atoms with E-state index in [4.69, 9.17) is 0 Å². The van der Waals surface area contributed by atoms with Gasteiger partial charge in [-0.2, -0.15) is 0 Å². The molecule has 130 valence electrons. The molecule has 2 nitrogen and oxygen atoms in total. The number of likely N-dealkylation sites (tertiary alicyclic amines) is 1. The third-order valence-corrected chi connectivity index (χ3v) is 7.96. The summed E-state index contributed by atoms with van der Waals surface area (Å²) in [5, 5.41) is 0. The molecule has 0 aromatic rings. The van der Waals surface area contributed by atoms with Crippen LogP contribution in [0.15, 0.2) is 23.8 Å². The van der Waals surface area contributed by atoms with Crippen molar-refractivity contribution in [2.75, 3.05) is 13.1 Å². The number of nitrogens with zero attached hydrogens (tertiary/aromatic N) is 1. The van der Waals surface area contributed by atoms with Crippen LogP contribution >= 0.6 is 0 Å². The van der Waals surface area contributed by atoms with Crippen molar-refractivity contribution in [3.05, 3.63) is 23.8 Å². The van der Waals surface area contributed by atoms with Crippen molar-refractivity contribution < 1.29 is 4.79 Å². The summed E-state index contributed by atoms with van der Waals surface area (Å²) in [6, 6.07) is 0.785. The molecule has 1 aliphatic heterocycles. The van der Waals surface area contributed by atoms with Crippen molar-refractivity contribution in [3.8, 4) is 0 Å². The molecule has 0 radical (unpaired) electrons. The second kappa shape index (κ2) is 5.56. The number of ketones is 1. The molecule has 5 rings (SSSR count). The van der Waals surface area contributed by atoms with Gasteiger partial charge < -0.3 is 0 Å². The first-order chi connectivity index (χ1) is 11.7. The number of piperidine rings is 1. The van der Waals surface area contributed by atoms with E-state index in [-0.39, 0.29) is 5.92 Å². The van der Waals surface area contributed by atoms with E-state index in [1.54, 1.807) is 0 Å². The summed E-state index contributed by atoms with van der Waals surface area (Å²) >= 11 is 0. The van der Waals surface area contributed by atoms with Gasteiger partial charge in [0, 0.05) is 24.1 Å². The Morgan fingerprint density at radius 2 is 1.83 bits per heavy atom. The molecule has 0 bridgehead atoms. The Balaban J connectivity index is 1.32. The second-order valence-corrected chi connectivity index (χ2v) is 9.27. The summed E-state index contributed by atoms with van der Waals surface area (Å²) in [5.74, 6) is 0.707.